The van der Waals surface area contributed by atoms with Gasteiger partial charge in [-0.15, -0.1) is 0 Å². The predicted molar refractivity (Wildman–Crippen MR) is 102 cm³/mol. The van der Waals surface area contributed by atoms with E-state index >= 15 is 0 Å². The first-order chi connectivity index (χ1) is 13.2. The van der Waals surface area contributed by atoms with E-state index in [1.54, 1.807) is 14.0 Å². The second-order valence-corrected chi connectivity index (χ2v) is 6.08. The first kappa shape index (κ1) is 16.8. The molecule has 7 nitrogen and oxygen atoms in total. The van der Waals surface area contributed by atoms with Gasteiger partial charge in [0, 0.05) is 28.9 Å². The van der Waals surface area contributed by atoms with E-state index in [9.17, 15) is 0 Å². The van der Waals surface area contributed by atoms with E-state index in [1.165, 1.54) is 0 Å². The zero-order valence-electron chi connectivity index (χ0n) is 15.1. The highest BCUT2D eigenvalue weighted by Crippen LogP contribution is 2.25. The average molecular weight is 361 g/mol. The summed E-state index contributed by atoms with van der Waals surface area (Å²) in [5, 5.41) is 14.5. The lowest BCUT2D eigenvalue weighted by molar-refractivity contribution is 0.415. The maximum atomic E-state index is 5.24. The summed E-state index contributed by atoms with van der Waals surface area (Å²) in [5.74, 6) is 1.95. The second kappa shape index (κ2) is 7.33. The average Bonchev–Trinajstić information content (AvgIpc) is 3.36. The second-order valence-electron chi connectivity index (χ2n) is 6.08. The van der Waals surface area contributed by atoms with Crippen LogP contribution in [-0.4, -0.2) is 27.4 Å². The molecule has 0 aliphatic heterocycles. The fraction of sp³-hybridized carbons (Fsp3) is 0.150. The van der Waals surface area contributed by atoms with Crippen molar-refractivity contribution < 1.29 is 9.26 Å². The lowest BCUT2D eigenvalue weighted by Gasteiger charge is -2.08. The van der Waals surface area contributed by atoms with Crippen molar-refractivity contribution in [2.24, 2.45) is 0 Å². The van der Waals surface area contributed by atoms with Gasteiger partial charge < -0.3 is 14.6 Å². The molecule has 0 aliphatic carbocycles. The van der Waals surface area contributed by atoms with Gasteiger partial charge in [-0.05, 0) is 49.4 Å². The van der Waals surface area contributed by atoms with Crippen LogP contribution in [0.1, 0.15) is 11.4 Å². The lowest BCUT2D eigenvalue weighted by atomic mass is 10.1. The number of H-pyrrole nitrogens is 1. The van der Waals surface area contributed by atoms with Crippen LogP contribution in [0, 0.1) is 6.92 Å². The topological polar surface area (TPSA) is 88.9 Å². The molecule has 0 spiro atoms. The summed E-state index contributed by atoms with van der Waals surface area (Å²) in [6, 6.07) is 15.8. The van der Waals surface area contributed by atoms with Crippen LogP contribution in [0.4, 0.5) is 5.69 Å². The number of benzene rings is 2. The Morgan fingerprint density at radius 3 is 2.70 bits per heavy atom. The SMILES string of the molecule is COc1ccc(-c2[nH]ncc2CNc2cccc(-c3nc(C)no3)c2)cc1. The van der Waals surface area contributed by atoms with E-state index in [4.69, 9.17) is 9.26 Å². The molecule has 2 heterocycles. The summed E-state index contributed by atoms with van der Waals surface area (Å²) in [5.41, 5.74) is 4.95. The Labute approximate surface area is 156 Å². The van der Waals surface area contributed by atoms with Gasteiger partial charge in [0.2, 0.25) is 0 Å². The van der Waals surface area contributed by atoms with Gasteiger partial charge in [-0.25, -0.2) is 0 Å². The third-order valence-corrected chi connectivity index (χ3v) is 4.22. The van der Waals surface area contributed by atoms with Crippen molar-refractivity contribution in [1.29, 1.82) is 0 Å². The van der Waals surface area contributed by atoms with Crippen molar-refractivity contribution in [2.45, 2.75) is 13.5 Å². The number of hydrogen-bond donors (Lipinski definition) is 2. The maximum absolute atomic E-state index is 5.24. The van der Waals surface area contributed by atoms with Gasteiger partial charge >= 0.3 is 0 Å². The highest BCUT2D eigenvalue weighted by atomic mass is 16.5. The molecule has 27 heavy (non-hydrogen) atoms. The monoisotopic (exact) mass is 361 g/mol. The van der Waals surface area contributed by atoms with Crippen molar-refractivity contribution in [3.8, 4) is 28.5 Å². The zero-order chi connectivity index (χ0) is 18.6. The quantitative estimate of drug-likeness (QED) is 0.538. The minimum absolute atomic E-state index is 0.512. The van der Waals surface area contributed by atoms with Gasteiger partial charge in [-0.2, -0.15) is 10.1 Å². The smallest absolute Gasteiger partial charge is 0.257 e. The minimum atomic E-state index is 0.512. The van der Waals surface area contributed by atoms with Crippen molar-refractivity contribution in [3.63, 3.8) is 0 Å². The maximum Gasteiger partial charge on any atom is 0.257 e. The number of aryl methyl sites for hydroxylation is 1. The largest absolute Gasteiger partial charge is 0.497 e. The van der Waals surface area contributed by atoms with Crippen LogP contribution in [0.25, 0.3) is 22.7 Å². The van der Waals surface area contributed by atoms with Crippen LogP contribution in [0.2, 0.25) is 0 Å². The number of hydrogen-bond acceptors (Lipinski definition) is 6. The molecule has 2 aromatic carbocycles. The number of rotatable bonds is 6. The van der Waals surface area contributed by atoms with E-state index in [1.807, 2.05) is 54.7 Å². The van der Waals surface area contributed by atoms with Gasteiger partial charge in [0.25, 0.3) is 5.89 Å². The standard InChI is InChI=1S/C20H19N5O2/c1-13-23-20(27-25-13)15-4-3-5-17(10-15)21-11-16-12-22-24-19(16)14-6-8-18(26-2)9-7-14/h3-10,12,21H,11H2,1-2H3,(H,22,24). The molecule has 0 saturated carbocycles. The molecule has 2 N–H and O–H groups in total. The number of ether oxygens (including phenoxy) is 1. The van der Waals surface area contributed by atoms with Gasteiger partial charge in [0.1, 0.15) is 5.75 Å². The Hall–Kier alpha value is -3.61. The molecule has 0 aliphatic rings. The van der Waals surface area contributed by atoms with E-state index < -0.39 is 0 Å². The summed E-state index contributed by atoms with van der Waals surface area (Å²) in [6.45, 7) is 2.43. The fourth-order valence-electron chi connectivity index (χ4n) is 2.83. The number of nitrogens with one attached hydrogen (secondary N) is 2. The molecule has 0 bridgehead atoms. The third kappa shape index (κ3) is 3.67. The molecular weight excluding hydrogens is 342 g/mol. The third-order valence-electron chi connectivity index (χ3n) is 4.22. The predicted octanol–water partition coefficient (Wildman–Crippen LogP) is 4.06. The molecule has 0 amide bonds. The minimum Gasteiger partial charge on any atom is -0.497 e. The van der Waals surface area contributed by atoms with Crippen LogP contribution >= 0.6 is 0 Å². The Balaban J connectivity index is 1.50. The molecule has 7 heteroatoms. The number of nitrogens with zero attached hydrogens (tertiary/aromatic N) is 3. The van der Waals surface area contributed by atoms with Crippen LogP contribution in [0.3, 0.4) is 0 Å². The lowest BCUT2D eigenvalue weighted by Crippen LogP contribution is -2.00. The Morgan fingerprint density at radius 2 is 1.96 bits per heavy atom. The summed E-state index contributed by atoms with van der Waals surface area (Å²) in [6.07, 6.45) is 1.83. The van der Waals surface area contributed by atoms with E-state index in [0.29, 0.717) is 18.3 Å². The van der Waals surface area contributed by atoms with Crippen LogP contribution in [0.5, 0.6) is 5.75 Å². The van der Waals surface area contributed by atoms with Crippen molar-refractivity contribution in [3.05, 3.63) is 66.1 Å². The molecule has 4 aromatic rings. The molecule has 0 saturated heterocycles. The zero-order valence-corrected chi connectivity index (χ0v) is 15.1. The van der Waals surface area contributed by atoms with Crippen molar-refractivity contribution >= 4 is 5.69 Å². The highest BCUT2D eigenvalue weighted by Gasteiger charge is 2.10. The van der Waals surface area contributed by atoms with Crippen LogP contribution in [-0.2, 0) is 6.54 Å². The normalized spacial score (nSPS) is 10.7. The van der Waals surface area contributed by atoms with Gasteiger partial charge in [-0.3, -0.25) is 5.10 Å². The molecule has 0 radical (unpaired) electrons. The molecule has 0 atom stereocenters. The molecule has 136 valence electrons. The molecule has 2 aromatic heterocycles. The molecule has 0 fully saturated rings. The highest BCUT2D eigenvalue weighted by molar-refractivity contribution is 5.65. The summed E-state index contributed by atoms with van der Waals surface area (Å²) in [7, 11) is 1.66. The van der Waals surface area contributed by atoms with Crippen molar-refractivity contribution in [2.75, 3.05) is 12.4 Å². The number of aromatic nitrogens is 4. The van der Waals surface area contributed by atoms with E-state index in [0.717, 1.165) is 33.8 Å². The number of methoxy groups -OCH3 is 1. The fourth-order valence-corrected chi connectivity index (χ4v) is 2.83. The molecular formula is C20H19N5O2. The van der Waals surface area contributed by atoms with Gasteiger partial charge in [-0.1, -0.05) is 11.2 Å². The summed E-state index contributed by atoms with van der Waals surface area (Å²) >= 11 is 0. The summed E-state index contributed by atoms with van der Waals surface area (Å²) in [4.78, 5) is 4.27. The van der Waals surface area contributed by atoms with E-state index in [2.05, 4.69) is 25.7 Å². The van der Waals surface area contributed by atoms with Gasteiger partial charge in [0.15, 0.2) is 5.82 Å². The van der Waals surface area contributed by atoms with E-state index in [-0.39, 0.29) is 0 Å². The first-order valence-corrected chi connectivity index (χ1v) is 8.54. The van der Waals surface area contributed by atoms with Crippen LogP contribution < -0.4 is 10.1 Å². The molecule has 4 rings (SSSR count). The molecule has 0 unspecified atom stereocenters. The summed E-state index contributed by atoms with van der Waals surface area (Å²) < 4.78 is 10.5. The van der Waals surface area contributed by atoms with Gasteiger partial charge in [0.05, 0.1) is 19.0 Å². The Kier molecular flexibility index (Phi) is 4.57. The Morgan fingerprint density at radius 1 is 1.11 bits per heavy atom. The Bertz CT molecular complexity index is 1040. The number of anilines is 1. The number of aromatic amines is 1. The first-order valence-electron chi connectivity index (χ1n) is 8.54. The van der Waals surface area contributed by atoms with Crippen LogP contribution in [0.15, 0.2) is 59.3 Å². The van der Waals surface area contributed by atoms with Crippen molar-refractivity contribution in [1.82, 2.24) is 20.3 Å².